The summed E-state index contributed by atoms with van der Waals surface area (Å²) in [5, 5.41) is 22.0. The van der Waals surface area contributed by atoms with E-state index in [0.29, 0.717) is 12.6 Å². The lowest BCUT2D eigenvalue weighted by Crippen LogP contribution is -2.25. The molecule has 0 heterocycles. The second kappa shape index (κ2) is 4.36. The van der Waals surface area contributed by atoms with Crippen molar-refractivity contribution in [3.63, 3.8) is 0 Å². The van der Waals surface area contributed by atoms with Crippen molar-refractivity contribution in [2.24, 2.45) is 0 Å². The minimum atomic E-state index is 0.0961. The second-order valence-corrected chi connectivity index (χ2v) is 3.83. The number of benzene rings is 1. The molecule has 0 aliphatic heterocycles. The van der Waals surface area contributed by atoms with Crippen molar-refractivity contribution in [2.75, 3.05) is 0 Å². The van der Waals surface area contributed by atoms with Crippen LogP contribution in [-0.2, 0) is 6.54 Å². The number of phenolic OH excluding ortho intramolecular Hbond substituents is 2. The molecule has 2 rings (SSSR count). The molecule has 1 aliphatic rings. The van der Waals surface area contributed by atoms with Gasteiger partial charge >= 0.3 is 0 Å². The van der Waals surface area contributed by atoms with Crippen LogP contribution in [0.1, 0.15) is 18.4 Å². The number of nitrogens with one attached hydrogen (secondary N) is 1. The van der Waals surface area contributed by atoms with Crippen molar-refractivity contribution in [1.82, 2.24) is 5.32 Å². The number of hydrogen-bond donors (Lipinski definition) is 3. The van der Waals surface area contributed by atoms with Crippen LogP contribution >= 0.6 is 0 Å². The Balaban J connectivity index is 1.92. The molecule has 0 saturated heterocycles. The van der Waals surface area contributed by atoms with Gasteiger partial charge < -0.3 is 15.5 Å². The number of phenols is 2. The lowest BCUT2D eigenvalue weighted by molar-refractivity contribution is 0.440. The zero-order valence-corrected chi connectivity index (χ0v) is 8.48. The molecule has 3 N–H and O–H groups in total. The molecule has 0 spiro atoms. The normalized spacial score (nSPS) is 16.0. The zero-order chi connectivity index (χ0) is 10.7. The summed E-state index contributed by atoms with van der Waals surface area (Å²) >= 11 is 0. The van der Waals surface area contributed by atoms with E-state index in [9.17, 15) is 5.11 Å². The van der Waals surface area contributed by atoms with Crippen LogP contribution < -0.4 is 5.32 Å². The third-order valence-electron chi connectivity index (χ3n) is 2.66. The third kappa shape index (κ3) is 2.50. The quantitative estimate of drug-likeness (QED) is 0.661. The molecule has 0 atom stereocenters. The first kappa shape index (κ1) is 10.1. The highest BCUT2D eigenvalue weighted by Gasteiger charge is 2.10. The molecular weight excluding hydrogens is 190 g/mol. The standard InChI is InChI=1S/C12H15NO2/c14-11-6-5-9(12(15)7-11)8-13-10-3-1-2-4-10/h1-2,5-7,10,13-15H,3-4,8H2. The molecule has 0 aromatic heterocycles. The van der Waals surface area contributed by atoms with Crippen LogP contribution in [0, 0.1) is 0 Å². The van der Waals surface area contributed by atoms with E-state index in [1.54, 1.807) is 12.1 Å². The van der Waals surface area contributed by atoms with Crippen LogP contribution in [0.4, 0.5) is 0 Å². The van der Waals surface area contributed by atoms with Crippen molar-refractivity contribution in [3.05, 3.63) is 35.9 Å². The zero-order valence-electron chi connectivity index (χ0n) is 8.48. The predicted octanol–water partition coefficient (Wildman–Crippen LogP) is 1.91. The summed E-state index contributed by atoms with van der Waals surface area (Å²) in [6.07, 6.45) is 6.43. The summed E-state index contributed by atoms with van der Waals surface area (Å²) in [7, 11) is 0. The molecule has 1 aliphatic carbocycles. The Kier molecular flexibility index (Phi) is 2.92. The van der Waals surface area contributed by atoms with E-state index in [0.717, 1.165) is 18.4 Å². The van der Waals surface area contributed by atoms with Gasteiger partial charge in [-0.25, -0.2) is 0 Å². The van der Waals surface area contributed by atoms with Gasteiger partial charge in [0.05, 0.1) is 0 Å². The van der Waals surface area contributed by atoms with Crippen LogP contribution in [0.5, 0.6) is 11.5 Å². The third-order valence-corrected chi connectivity index (χ3v) is 2.66. The van der Waals surface area contributed by atoms with Gasteiger partial charge in [-0.05, 0) is 18.9 Å². The molecule has 0 unspecified atom stereocenters. The fraction of sp³-hybridized carbons (Fsp3) is 0.333. The molecule has 0 bridgehead atoms. The first-order chi connectivity index (χ1) is 7.25. The van der Waals surface area contributed by atoms with E-state index in [1.807, 2.05) is 0 Å². The van der Waals surface area contributed by atoms with Crippen LogP contribution in [0.15, 0.2) is 30.4 Å². The summed E-state index contributed by atoms with van der Waals surface area (Å²) in [5.41, 5.74) is 0.819. The van der Waals surface area contributed by atoms with Crippen molar-refractivity contribution in [3.8, 4) is 11.5 Å². The van der Waals surface area contributed by atoms with Crippen LogP contribution in [0.25, 0.3) is 0 Å². The Morgan fingerprint density at radius 3 is 2.60 bits per heavy atom. The van der Waals surface area contributed by atoms with Crippen LogP contribution in [0.2, 0.25) is 0 Å². The molecule has 0 fully saturated rings. The van der Waals surface area contributed by atoms with Gasteiger partial charge in [-0.3, -0.25) is 0 Å². The first-order valence-electron chi connectivity index (χ1n) is 5.15. The van der Waals surface area contributed by atoms with E-state index in [1.165, 1.54) is 6.07 Å². The summed E-state index contributed by atoms with van der Waals surface area (Å²) < 4.78 is 0. The lowest BCUT2D eigenvalue weighted by atomic mass is 10.1. The van der Waals surface area contributed by atoms with E-state index >= 15 is 0 Å². The summed E-state index contributed by atoms with van der Waals surface area (Å²) in [6.45, 7) is 0.637. The summed E-state index contributed by atoms with van der Waals surface area (Å²) in [5.74, 6) is 0.243. The minimum absolute atomic E-state index is 0.0961. The molecular formula is C12H15NO2. The van der Waals surface area contributed by atoms with Crippen molar-refractivity contribution >= 4 is 0 Å². The Morgan fingerprint density at radius 1 is 1.20 bits per heavy atom. The van der Waals surface area contributed by atoms with Crippen molar-refractivity contribution < 1.29 is 10.2 Å². The largest absolute Gasteiger partial charge is 0.508 e. The highest BCUT2D eigenvalue weighted by atomic mass is 16.3. The molecule has 15 heavy (non-hydrogen) atoms. The van der Waals surface area contributed by atoms with Gasteiger partial charge in [0.1, 0.15) is 11.5 Å². The number of rotatable bonds is 3. The SMILES string of the molecule is Oc1ccc(CNC2CC=CC2)c(O)c1. The maximum Gasteiger partial charge on any atom is 0.123 e. The van der Waals surface area contributed by atoms with E-state index in [-0.39, 0.29) is 11.5 Å². The molecule has 3 nitrogen and oxygen atoms in total. The smallest absolute Gasteiger partial charge is 0.123 e. The maximum atomic E-state index is 9.55. The summed E-state index contributed by atoms with van der Waals surface area (Å²) in [4.78, 5) is 0. The van der Waals surface area contributed by atoms with Gasteiger partial charge in [0, 0.05) is 24.2 Å². The molecule has 80 valence electrons. The van der Waals surface area contributed by atoms with Crippen molar-refractivity contribution in [1.29, 1.82) is 0 Å². The average Bonchev–Trinajstić information content (AvgIpc) is 2.69. The number of aromatic hydroxyl groups is 2. The van der Waals surface area contributed by atoms with Gasteiger partial charge in [0.25, 0.3) is 0 Å². The topological polar surface area (TPSA) is 52.5 Å². The summed E-state index contributed by atoms with van der Waals surface area (Å²) in [6, 6.07) is 5.17. The Morgan fingerprint density at radius 2 is 1.93 bits per heavy atom. The van der Waals surface area contributed by atoms with E-state index in [2.05, 4.69) is 17.5 Å². The monoisotopic (exact) mass is 205 g/mol. The molecule has 1 aromatic rings. The van der Waals surface area contributed by atoms with Crippen molar-refractivity contribution in [2.45, 2.75) is 25.4 Å². The van der Waals surface area contributed by atoms with Gasteiger partial charge in [0.15, 0.2) is 0 Å². The minimum Gasteiger partial charge on any atom is -0.508 e. The number of hydrogen-bond acceptors (Lipinski definition) is 3. The first-order valence-corrected chi connectivity index (χ1v) is 5.15. The van der Waals surface area contributed by atoms with Gasteiger partial charge in [-0.15, -0.1) is 0 Å². The second-order valence-electron chi connectivity index (χ2n) is 3.83. The maximum absolute atomic E-state index is 9.55. The Bertz CT molecular complexity index is 366. The molecule has 3 heteroatoms. The molecule has 0 radical (unpaired) electrons. The Hall–Kier alpha value is -1.48. The van der Waals surface area contributed by atoms with E-state index in [4.69, 9.17) is 5.11 Å². The van der Waals surface area contributed by atoms with Gasteiger partial charge in [-0.1, -0.05) is 18.2 Å². The lowest BCUT2D eigenvalue weighted by Gasteiger charge is -2.12. The molecule has 0 amide bonds. The average molecular weight is 205 g/mol. The molecule has 1 aromatic carbocycles. The van der Waals surface area contributed by atoms with Gasteiger partial charge in [0.2, 0.25) is 0 Å². The molecule has 0 saturated carbocycles. The Labute approximate surface area is 89.1 Å². The van der Waals surface area contributed by atoms with Crippen LogP contribution in [-0.4, -0.2) is 16.3 Å². The fourth-order valence-electron chi connectivity index (χ4n) is 1.74. The predicted molar refractivity (Wildman–Crippen MR) is 58.8 cm³/mol. The fourth-order valence-corrected chi connectivity index (χ4v) is 1.74. The highest BCUT2D eigenvalue weighted by molar-refractivity contribution is 5.38. The van der Waals surface area contributed by atoms with Gasteiger partial charge in [-0.2, -0.15) is 0 Å². The van der Waals surface area contributed by atoms with E-state index < -0.39 is 0 Å². The van der Waals surface area contributed by atoms with Crippen LogP contribution in [0.3, 0.4) is 0 Å². The highest BCUT2D eigenvalue weighted by Crippen LogP contribution is 2.22.